The number of hydrogen-bond acceptors (Lipinski definition) is 10. The van der Waals surface area contributed by atoms with Gasteiger partial charge in [0, 0.05) is 26.2 Å². The molecule has 0 aromatic heterocycles. The van der Waals surface area contributed by atoms with Crippen molar-refractivity contribution in [2.24, 2.45) is 0 Å². The molecule has 0 saturated heterocycles. The van der Waals surface area contributed by atoms with Gasteiger partial charge in [0.2, 0.25) is 15.7 Å². The summed E-state index contributed by atoms with van der Waals surface area (Å²) in [5.74, 6) is -1.10. The van der Waals surface area contributed by atoms with E-state index in [9.17, 15) is 24.0 Å². The number of benzene rings is 2. The van der Waals surface area contributed by atoms with Gasteiger partial charge < -0.3 is 9.47 Å². The van der Waals surface area contributed by atoms with Crippen molar-refractivity contribution in [3.05, 3.63) is 71.8 Å². The van der Waals surface area contributed by atoms with Gasteiger partial charge in [0.1, 0.15) is 13.2 Å². The number of hydrogen-bond donors (Lipinski definition) is 0. The molecule has 0 radical (unpaired) electrons. The highest BCUT2D eigenvalue weighted by Crippen LogP contribution is 2.05. The van der Waals surface area contributed by atoms with Crippen LogP contribution in [0.5, 0.6) is 0 Å². The van der Waals surface area contributed by atoms with Crippen molar-refractivity contribution >= 4 is 62.5 Å². The maximum absolute atomic E-state index is 12.4. The van der Waals surface area contributed by atoms with Crippen molar-refractivity contribution in [3.8, 4) is 0 Å². The van der Waals surface area contributed by atoms with Crippen molar-refractivity contribution in [1.29, 1.82) is 0 Å². The van der Waals surface area contributed by atoms with E-state index in [2.05, 4.69) is 0 Å². The van der Waals surface area contributed by atoms with Crippen LogP contribution in [-0.2, 0) is 46.7 Å². The van der Waals surface area contributed by atoms with Crippen LogP contribution in [0.15, 0.2) is 60.7 Å². The minimum absolute atomic E-state index is 0.0815. The average Bonchev–Trinajstić information content (AvgIpc) is 2.92. The fraction of sp³-hybridized carbons (Fsp3) is 0.393. The molecule has 222 valence electrons. The van der Waals surface area contributed by atoms with Crippen LogP contribution in [-0.4, -0.2) is 101 Å². The second-order valence-corrected chi connectivity index (χ2v) is 10.3. The third-order valence-corrected chi connectivity index (χ3v) is 6.06. The smallest absolute Gasteiger partial charge is 0.320 e. The Labute approximate surface area is 254 Å². The summed E-state index contributed by atoms with van der Waals surface area (Å²) >= 11 is 16.8. The van der Waals surface area contributed by atoms with Crippen molar-refractivity contribution in [2.45, 2.75) is 13.2 Å². The number of rotatable bonds is 20. The number of carbonyl (C=O) groups excluding carboxylic acids is 5. The Balaban J connectivity index is 1.92. The Morgan fingerprint density at radius 2 is 0.805 bits per heavy atom. The van der Waals surface area contributed by atoms with Crippen LogP contribution in [0.1, 0.15) is 11.1 Å². The maximum Gasteiger partial charge on any atom is 0.320 e. The molecular formula is C28H32Cl3N3O7. The van der Waals surface area contributed by atoms with Crippen LogP contribution in [0.3, 0.4) is 0 Å². The third kappa shape index (κ3) is 16.2. The molecule has 0 aliphatic rings. The van der Waals surface area contributed by atoms with Crippen molar-refractivity contribution < 1.29 is 33.4 Å². The Morgan fingerprint density at radius 1 is 0.488 bits per heavy atom. The molecule has 0 unspecified atom stereocenters. The second-order valence-electron chi connectivity index (χ2n) is 9.06. The summed E-state index contributed by atoms with van der Waals surface area (Å²) in [6, 6.07) is 18.3. The van der Waals surface area contributed by atoms with Gasteiger partial charge >= 0.3 is 11.9 Å². The average molecular weight is 629 g/mol. The predicted octanol–water partition coefficient (Wildman–Crippen LogP) is 2.68. The first-order valence-corrected chi connectivity index (χ1v) is 13.8. The van der Waals surface area contributed by atoms with Crippen LogP contribution in [0.2, 0.25) is 0 Å². The SMILES string of the molecule is O=C(Cl)CN(CCN(CC(=O)Cl)CC(=O)OCc1ccccc1)CCN(CC(=O)Cl)CC(=O)OCc1ccccc1. The van der Waals surface area contributed by atoms with Crippen molar-refractivity contribution in [2.75, 3.05) is 58.9 Å². The zero-order valence-electron chi connectivity index (χ0n) is 22.4. The Morgan fingerprint density at radius 3 is 1.15 bits per heavy atom. The molecule has 0 amide bonds. The summed E-state index contributed by atoms with van der Waals surface area (Å²) in [6.45, 7) is -0.0313. The zero-order valence-corrected chi connectivity index (χ0v) is 24.7. The zero-order chi connectivity index (χ0) is 30.0. The molecule has 0 spiro atoms. The van der Waals surface area contributed by atoms with Crippen molar-refractivity contribution in [3.63, 3.8) is 0 Å². The highest BCUT2D eigenvalue weighted by atomic mass is 35.5. The molecule has 2 rings (SSSR count). The second kappa shape index (κ2) is 19.3. The molecule has 0 fully saturated rings. The monoisotopic (exact) mass is 627 g/mol. The fourth-order valence-electron chi connectivity index (χ4n) is 3.72. The van der Waals surface area contributed by atoms with E-state index in [1.54, 1.807) is 4.90 Å². The van der Waals surface area contributed by atoms with Gasteiger partial charge in [-0.15, -0.1) is 0 Å². The number of nitrogens with zero attached hydrogens (tertiary/aromatic N) is 3. The number of halogens is 3. The summed E-state index contributed by atoms with van der Waals surface area (Å²) in [4.78, 5) is 64.3. The van der Waals surface area contributed by atoms with E-state index in [-0.39, 0.29) is 72.1 Å². The molecule has 0 saturated carbocycles. The summed E-state index contributed by atoms with van der Waals surface area (Å²) in [6.07, 6.45) is 0. The minimum atomic E-state index is -0.665. The molecule has 2 aromatic rings. The lowest BCUT2D eigenvalue weighted by Crippen LogP contribution is -2.45. The van der Waals surface area contributed by atoms with Gasteiger partial charge in [0.05, 0.1) is 32.7 Å². The largest absolute Gasteiger partial charge is 0.460 e. The van der Waals surface area contributed by atoms with Gasteiger partial charge in [0.15, 0.2) is 0 Å². The minimum Gasteiger partial charge on any atom is -0.460 e. The van der Waals surface area contributed by atoms with E-state index in [1.165, 1.54) is 9.80 Å². The molecule has 0 heterocycles. The number of carbonyl (C=O) groups is 5. The number of esters is 2. The lowest BCUT2D eigenvalue weighted by molar-refractivity contribution is -0.147. The molecule has 10 nitrogen and oxygen atoms in total. The van der Waals surface area contributed by atoms with Gasteiger partial charge in [-0.25, -0.2) is 0 Å². The van der Waals surface area contributed by atoms with Crippen LogP contribution in [0.4, 0.5) is 0 Å². The normalized spacial score (nSPS) is 11.1. The summed E-state index contributed by atoms with van der Waals surface area (Å²) in [5, 5.41) is -1.96. The van der Waals surface area contributed by atoms with E-state index in [4.69, 9.17) is 44.3 Å². The van der Waals surface area contributed by atoms with Crippen LogP contribution in [0, 0.1) is 0 Å². The number of ether oxygens (including phenoxy) is 2. The lowest BCUT2D eigenvalue weighted by Gasteiger charge is -2.28. The standard InChI is InChI=1S/C28H32Cl3N3O7/c29-24(35)15-32(11-13-33(16-25(30)36)18-27(38)40-20-22-7-3-1-4-8-22)12-14-34(17-26(31)37)19-28(39)41-21-23-9-5-2-6-10-23/h1-10H,11-21H2. The van der Waals surface area contributed by atoms with Gasteiger partial charge in [-0.05, 0) is 45.9 Å². The summed E-state index contributed by atoms with van der Waals surface area (Å²) in [5.41, 5.74) is 1.63. The highest BCUT2D eigenvalue weighted by molar-refractivity contribution is 6.64. The molecule has 0 aliphatic heterocycles. The van der Waals surface area contributed by atoms with Crippen LogP contribution < -0.4 is 0 Å². The third-order valence-electron chi connectivity index (χ3n) is 5.70. The Kier molecular flexibility index (Phi) is 16.2. The maximum atomic E-state index is 12.4. The lowest BCUT2D eigenvalue weighted by atomic mass is 10.2. The Hall–Kier alpha value is -2.86. The summed E-state index contributed by atoms with van der Waals surface area (Å²) < 4.78 is 10.6. The quantitative estimate of drug-likeness (QED) is 0.160. The van der Waals surface area contributed by atoms with Gasteiger partial charge in [-0.3, -0.25) is 38.7 Å². The molecule has 0 atom stereocenters. The van der Waals surface area contributed by atoms with E-state index in [0.717, 1.165) is 11.1 Å². The van der Waals surface area contributed by atoms with Gasteiger partial charge in [-0.2, -0.15) is 0 Å². The van der Waals surface area contributed by atoms with E-state index in [0.29, 0.717) is 0 Å². The first-order chi connectivity index (χ1) is 19.6. The Bertz CT molecular complexity index is 1060. The molecule has 0 bridgehead atoms. The molecule has 0 N–H and O–H groups in total. The van der Waals surface area contributed by atoms with Gasteiger partial charge in [0.25, 0.3) is 0 Å². The molecule has 2 aromatic carbocycles. The molecule has 13 heteroatoms. The molecule has 41 heavy (non-hydrogen) atoms. The topological polar surface area (TPSA) is 114 Å². The predicted molar refractivity (Wildman–Crippen MR) is 154 cm³/mol. The van der Waals surface area contributed by atoms with E-state index < -0.39 is 27.7 Å². The highest BCUT2D eigenvalue weighted by Gasteiger charge is 2.20. The first kappa shape index (κ1) is 34.3. The van der Waals surface area contributed by atoms with E-state index in [1.807, 2.05) is 60.7 Å². The molecular weight excluding hydrogens is 597 g/mol. The van der Waals surface area contributed by atoms with Crippen molar-refractivity contribution in [1.82, 2.24) is 14.7 Å². The fourth-order valence-corrected chi connectivity index (χ4v) is 4.23. The summed E-state index contributed by atoms with van der Waals surface area (Å²) in [7, 11) is 0. The molecule has 0 aliphatic carbocycles. The van der Waals surface area contributed by atoms with Crippen LogP contribution >= 0.6 is 34.8 Å². The van der Waals surface area contributed by atoms with Crippen LogP contribution in [0.25, 0.3) is 0 Å². The van der Waals surface area contributed by atoms with E-state index >= 15 is 0 Å². The van der Waals surface area contributed by atoms with Gasteiger partial charge in [-0.1, -0.05) is 60.7 Å². The first-order valence-electron chi connectivity index (χ1n) is 12.7.